The maximum atomic E-state index is 12.3. The smallest absolute Gasteiger partial charge is 0.406 e. The van der Waals surface area contributed by atoms with Gasteiger partial charge < -0.3 is 9.47 Å². The molecule has 6 heteroatoms. The number of hydrogen-bond acceptors (Lipinski definition) is 3. The molecule has 2 saturated carbocycles. The molecule has 3 nitrogen and oxygen atoms in total. The molecule has 0 unspecified atom stereocenters. The van der Waals surface area contributed by atoms with Crippen LogP contribution in [0.5, 0.6) is 5.75 Å². The summed E-state index contributed by atoms with van der Waals surface area (Å²) in [5.41, 5.74) is 1.09. The van der Waals surface area contributed by atoms with Crippen LogP contribution in [0.1, 0.15) is 62.8 Å². The van der Waals surface area contributed by atoms with Crippen molar-refractivity contribution < 1.29 is 22.6 Å². The second-order valence-corrected chi connectivity index (χ2v) is 8.58. The van der Waals surface area contributed by atoms with Crippen LogP contribution < -0.4 is 4.74 Å². The normalized spacial score (nSPS) is 27.4. The topological polar surface area (TPSA) is 42.2 Å². The van der Waals surface area contributed by atoms with Crippen LogP contribution in [0.2, 0.25) is 0 Å². The molecule has 1 aromatic rings. The Balaban J connectivity index is 1.34. The number of nitrogens with zero attached hydrogens (tertiary/aromatic N) is 1. The second kappa shape index (κ2) is 11.4. The fourth-order valence-electron chi connectivity index (χ4n) is 4.64. The lowest BCUT2D eigenvalue weighted by Gasteiger charge is -2.32. The molecule has 0 heterocycles. The molecule has 0 amide bonds. The average molecular weight is 434 g/mol. The van der Waals surface area contributed by atoms with Crippen molar-refractivity contribution in [1.82, 2.24) is 0 Å². The highest BCUT2D eigenvalue weighted by molar-refractivity contribution is 5.29. The van der Waals surface area contributed by atoms with E-state index in [-0.39, 0.29) is 5.75 Å². The summed E-state index contributed by atoms with van der Waals surface area (Å²) >= 11 is 0. The SMILES string of the molecule is N#CC=CC=C[C@H]1CC[C@H](OC[C@H]2CC[C@H](c3ccc(OC(F)(F)F)cc3)CC2)CC1. The first-order valence-electron chi connectivity index (χ1n) is 11.1. The van der Waals surface area contributed by atoms with Crippen molar-refractivity contribution in [1.29, 1.82) is 5.26 Å². The van der Waals surface area contributed by atoms with Gasteiger partial charge in [0, 0.05) is 12.7 Å². The van der Waals surface area contributed by atoms with Crippen LogP contribution in [0, 0.1) is 23.2 Å². The first-order chi connectivity index (χ1) is 14.9. The molecule has 2 fully saturated rings. The third-order valence-corrected chi connectivity index (χ3v) is 6.38. The summed E-state index contributed by atoms with van der Waals surface area (Å²) in [4.78, 5) is 0. The van der Waals surface area contributed by atoms with Crippen LogP contribution in [-0.4, -0.2) is 19.1 Å². The Kier molecular flexibility index (Phi) is 8.60. The Morgan fingerprint density at radius 3 is 2.23 bits per heavy atom. The monoisotopic (exact) mass is 433 g/mol. The van der Waals surface area contributed by atoms with E-state index in [4.69, 9.17) is 10.00 Å². The quantitative estimate of drug-likeness (QED) is 0.341. The van der Waals surface area contributed by atoms with E-state index in [1.807, 2.05) is 12.1 Å². The van der Waals surface area contributed by atoms with Gasteiger partial charge in [-0.2, -0.15) is 5.26 Å². The third kappa shape index (κ3) is 8.06. The minimum absolute atomic E-state index is 0.165. The van der Waals surface area contributed by atoms with E-state index in [9.17, 15) is 13.2 Å². The summed E-state index contributed by atoms with van der Waals surface area (Å²) in [5, 5.41) is 8.49. The molecule has 1 aromatic carbocycles. The fraction of sp³-hybridized carbons (Fsp3) is 0.560. The van der Waals surface area contributed by atoms with E-state index >= 15 is 0 Å². The maximum absolute atomic E-state index is 12.3. The molecule has 0 radical (unpaired) electrons. The molecule has 31 heavy (non-hydrogen) atoms. The molecule has 2 aliphatic carbocycles. The molecular formula is C25H30F3NO2. The van der Waals surface area contributed by atoms with Crippen LogP contribution in [0.4, 0.5) is 13.2 Å². The van der Waals surface area contributed by atoms with Gasteiger partial charge in [0.2, 0.25) is 0 Å². The van der Waals surface area contributed by atoms with Gasteiger partial charge >= 0.3 is 6.36 Å². The predicted molar refractivity (Wildman–Crippen MR) is 113 cm³/mol. The van der Waals surface area contributed by atoms with Crippen LogP contribution in [-0.2, 0) is 4.74 Å². The van der Waals surface area contributed by atoms with Gasteiger partial charge in [-0.15, -0.1) is 13.2 Å². The summed E-state index contributed by atoms with van der Waals surface area (Å²) < 4.78 is 47.0. The van der Waals surface area contributed by atoms with E-state index < -0.39 is 6.36 Å². The Morgan fingerprint density at radius 1 is 0.935 bits per heavy atom. The van der Waals surface area contributed by atoms with Gasteiger partial charge in [-0.25, -0.2) is 0 Å². The van der Waals surface area contributed by atoms with Crippen molar-refractivity contribution in [2.24, 2.45) is 11.8 Å². The van der Waals surface area contributed by atoms with Crippen LogP contribution in [0.3, 0.4) is 0 Å². The lowest BCUT2D eigenvalue weighted by molar-refractivity contribution is -0.274. The van der Waals surface area contributed by atoms with Gasteiger partial charge in [-0.05, 0) is 86.8 Å². The van der Waals surface area contributed by atoms with Crippen LogP contribution in [0.15, 0.2) is 48.6 Å². The van der Waals surface area contributed by atoms with Crippen molar-refractivity contribution in [2.75, 3.05) is 6.61 Å². The van der Waals surface area contributed by atoms with Gasteiger partial charge in [-0.1, -0.05) is 30.4 Å². The molecule has 0 N–H and O–H groups in total. The minimum atomic E-state index is -4.65. The molecule has 0 saturated heterocycles. The summed E-state index contributed by atoms with van der Waals surface area (Å²) in [7, 11) is 0. The second-order valence-electron chi connectivity index (χ2n) is 8.58. The molecule has 2 aliphatic rings. The number of benzene rings is 1. The minimum Gasteiger partial charge on any atom is -0.406 e. The van der Waals surface area contributed by atoms with Crippen molar-refractivity contribution in [3.05, 3.63) is 54.1 Å². The van der Waals surface area contributed by atoms with Crippen molar-refractivity contribution in [3.63, 3.8) is 0 Å². The predicted octanol–water partition coefficient (Wildman–Crippen LogP) is 7.07. The number of rotatable bonds is 7. The Bertz CT molecular complexity index is 763. The Hall–Kier alpha value is -2.26. The fourth-order valence-corrected chi connectivity index (χ4v) is 4.64. The summed E-state index contributed by atoms with van der Waals surface area (Å²) in [6, 6.07) is 8.31. The molecule has 3 rings (SSSR count). The molecule has 168 valence electrons. The van der Waals surface area contributed by atoms with Gasteiger partial charge in [0.1, 0.15) is 5.75 Å². The van der Waals surface area contributed by atoms with Crippen LogP contribution >= 0.6 is 0 Å². The number of nitriles is 1. The maximum Gasteiger partial charge on any atom is 0.573 e. The number of hydrogen-bond donors (Lipinski definition) is 0. The molecule has 0 atom stereocenters. The first kappa shape index (κ1) is 23.4. The molecular weight excluding hydrogens is 403 g/mol. The van der Waals surface area contributed by atoms with E-state index in [1.165, 1.54) is 18.2 Å². The molecule has 0 spiro atoms. The lowest BCUT2D eigenvalue weighted by atomic mass is 9.79. The van der Waals surface area contributed by atoms with Crippen molar-refractivity contribution in [3.8, 4) is 11.8 Å². The summed E-state index contributed by atoms with van der Waals surface area (Å²) in [6.07, 6.45) is 11.8. The lowest BCUT2D eigenvalue weighted by Crippen LogP contribution is -2.25. The van der Waals surface area contributed by atoms with E-state index in [2.05, 4.69) is 10.8 Å². The van der Waals surface area contributed by atoms with E-state index in [0.717, 1.165) is 63.5 Å². The highest BCUT2D eigenvalue weighted by Gasteiger charge is 2.31. The highest BCUT2D eigenvalue weighted by Crippen LogP contribution is 2.37. The van der Waals surface area contributed by atoms with Gasteiger partial charge in [0.25, 0.3) is 0 Å². The van der Waals surface area contributed by atoms with Crippen LogP contribution in [0.25, 0.3) is 0 Å². The Morgan fingerprint density at radius 2 is 1.61 bits per heavy atom. The van der Waals surface area contributed by atoms with E-state index in [0.29, 0.717) is 23.9 Å². The van der Waals surface area contributed by atoms with Crippen molar-refractivity contribution in [2.45, 2.75) is 69.8 Å². The van der Waals surface area contributed by atoms with Gasteiger partial charge in [0.05, 0.1) is 12.2 Å². The zero-order chi connectivity index (χ0) is 22.1. The Labute approximate surface area is 182 Å². The first-order valence-corrected chi connectivity index (χ1v) is 11.1. The average Bonchev–Trinajstić information content (AvgIpc) is 2.76. The molecule has 0 aromatic heterocycles. The van der Waals surface area contributed by atoms with Gasteiger partial charge in [-0.3, -0.25) is 0 Å². The van der Waals surface area contributed by atoms with Crippen molar-refractivity contribution >= 4 is 0 Å². The summed E-state index contributed by atoms with van der Waals surface area (Å²) in [6.45, 7) is 0.807. The highest BCUT2D eigenvalue weighted by atomic mass is 19.4. The molecule has 0 bridgehead atoms. The number of alkyl halides is 3. The zero-order valence-electron chi connectivity index (χ0n) is 17.7. The zero-order valence-corrected chi connectivity index (χ0v) is 17.7. The van der Waals surface area contributed by atoms with Gasteiger partial charge in [0.15, 0.2) is 0 Å². The number of allylic oxidation sites excluding steroid dienone is 4. The standard InChI is InChI=1S/C25H30F3NO2/c26-25(27,28)31-24-15-11-22(12-16-24)21-9-5-20(6-10-21)18-30-23-13-7-19(8-14-23)4-2-1-3-17-29/h1-4,11-12,15-16,19-21,23H,5-10,13-14,18H2/t19-,20-,21-,23-. The number of halogens is 3. The number of ether oxygens (including phenoxy) is 2. The summed E-state index contributed by atoms with van der Waals surface area (Å²) in [5.74, 6) is 1.38. The largest absolute Gasteiger partial charge is 0.573 e. The third-order valence-electron chi connectivity index (χ3n) is 6.38. The van der Waals surface area contributed by atoms with E-state index in [1.54, 1.807) is 18.2 Å². The molecule has 0 aliphatic heterocycles.